The lowest BCUT2D eigenvalue weighted by molar-refractivity contribution is -0.137. The highest BCUT2D eigenvalue weighted by atomic mass is 19.4. The second-order valence-corrected chi connectivity index (χ2v) is 11.1. The molecule has 1 aliphatic rings. The molecular weight excluding hydrogens is 551 g/mol. The Labute approximate surface area is 242 Å². The van der Waals surface area contributed by atoms with E-state index in [1.54, 1.807) is 64.2 Å². The largest absolute Gasteiger partial charge is 0.486 e. The third kappa shape index (κ3) is 8.45. The monoisotopic (exact) mass is 585 g/mol. The fourth-order valence-corrected chi connectivity index (χ4v) is 4.38. The van der Waals surface area contributed by atoms with Gasteiger partial charge in [0.05, 0.1) is 36.6 Å². The van der Waals surface area contributed by atoms with Crippen LogP contribution in [0.5, 0.6) is 5.75 Å². The summed E-state index contributed by atoms with van der Waals surface area (Å²) >= 11 is 0. The second-order valence-electron chi connectivity index (χ2n) is 11.1. The first-order valence-corrected chi connectivity index (χ1v) is 13.6. The van der Waals surface area contributed by atoms with E-state index in [1.165, 1.54) is 12.3 Å². The standard InChI is InChI=1S/C31H34F3N3O5/c1-19(37-28(38)23-13-26(17-35-15-23)41-25-11-12-40-18-25)20-5-7-21(8-6-20)27-14-24(31(32,33)34)10-9-22(27)16-36-29(39)42-30(2,3)4/h5-10,13-15,17,19,25H,11-12,16,18H2,1-4H3,(H,36,39)(H,37,38)/t19-,25-/m1/s1. The summed E-state index contributed by atoms with van der Waals surface area (Å²) in [5.74, 6) is 0.133. The Hall–Kier alpha value is -4.12. The van der Waals surface area contributed by atoms with Gasteiger partial charge in [-0.05, 0) is 68.1 Å². The molecule has 2 heterocycles. The summed E-state index contributed by atoms with van der Waals surface area (Å²) in [4.78, 5) is 29.2. The normalized spacial score (nSPS) is 16.0. The van der Waals surface area contributed by atoms with Crippen molar-refractivity contribution in [1.29, 1.82) is 0 Å². The van der Waals surface area contributed by atoms with E-state index in [1.807, 2.05) is 0 Å². The summed E-state index contributed by atoms with van der Waals surface area (Å²) in [5.41, 5.74) is 0.892. The molecule has 0 spiro atoms. The number of nitrogens with zero attached hydrogens (tertiary/aromatic N) is 1. The van der Waals surface area contributed by atoms with Crippen molar-refractivity contribution in [3.8, 4) is 16.9 Å². The van der Waals surface area contributed by atoms with Crippen molar-refractivity contribution >= 4 is 12.0 Å². The molecule has 2 amide bonds. The Bertz CT molecular complexity index is 1400. The molecule has 2 atom stereocenters. The Morgan fingerprint density at radius 2 is 1.81 bits per heavy atom. The Balaban J connectivity index is 1.48. The van der Waals surface area contributed by atoms with Gasteiger partial charge in [-0.1, -0.05) is 30.3 Å². The third-order valence-electron chi connectivity index (χ3n) is 6.49. The number of pyridine rings is 1. The smallest absolute Gasteiger partial charge is 0.416 e. The molecule has 0 bridgehead atoms. The maximum atomic E-state index is 13.5. The number of nitrogens with one attached hydrogen (secondary N) is 2. The molecule has 2 N–H and O–H groups in total. The quantitative estimate of drug-likeness (QED) is 0.315. The molecule has 42 heavy (non-hydrogen) atoms. The number of rotatable bonds is 8. The first kappa shape index (κ1) is 30.8. The molecular formula is C31H34F3N3O5. The van der Waals surface area contributed by atoms with E-state index in [0.717, 1.165) is 24.1 Å². The molecule has 224 valence electrons. The maximum absolute atomic E-state index is 13.5. The summed E-state index contributed by atoms with van der Waals surface area (Å²) in [6.45, 7) is 8.06. The van der Waals surface area contributed by atoms with Gasteiger partial charge in [-0.2, -0.15) is 13.2 Å². The SMILES string of the molecule is C[C@@H](NC(=O)c1cncc(O[C@@H]2CCOC2)c1)c1ccc(-c2cc(C(F)(F)F)ccc2CNC(=O)OC(C)(C)C)cc1. The number of ether oxygens (including phenoxy) is 3. The maximum Gasteiger partial charge on any atom is 0.416 e. The van der Waals surface area contributed by atoms with E-state index < -0.39 is 29.5 Å². The molecule has 11 heteroatoms. The van der Waals surface area contributed by atoms with Crippen molar-refractivity contribution in [2.75, 3.05) is 13.2 Å². The molecule has 0 unspecified atom stereocenters. The molecule has 8 nitrogen and oxygen atoms in total. The van der Waals surface area contributed by atoms with Crippen LogP contribution in [-0.2, 0) is 22.2 Å². The molecule has 1 aromatic heterocycles. The van der Waals surface area contributed by atoms with Gasteiger partial charge in [0.2, 0.25) is 0 Å². The van der Waals surface area contributed by atoms with Gasteiger partial charge >= 0.3 is 12.3 Å². The van der Waals surface area contributed by atoms with Crippen LogP contribution in [0.2, 0.25) is 0 Å². The number of alkyl carbamates (subject to hydrolysis) is 1. The molecule has 3 aromatic rings. The van der Waals surface area contributed by atoms with E-state index in [2.05, 4.69) is 15.6 Å². The number of carbonyl (C=O) groups is 2. The number of carbonyl (C=O) groups excluding carboxylic acids is 2. The minimum atomic E-state index is -4.54. The van der Waals surface area contributed by atoms with Gasteiger partial charge < -0.3 is 24.8 Å². The fraction of sp³-hybridized carbons (Fsp3) is 0.387. The van der Waals surface area contributed by atoms with Gasteiger partial charge in [-0.3, -0.25) is 9.78 Å². The van der Waals surface area contributed by atoms with Crippen molar-refractivity contribution in [3.05, 3.63) is 83.2 Å². The summed E-state index contributed by atoms with van der Waals surface area (Å²) in [6.07, 6.45) is -1.52. The van der Waals surface area contributed by atoms with Gasteiger partial charge in [0.15, 0.2) is 0 Å². The van der Waals surface area contributed by atoms with E-state index in [4.69, 9.17) is 14.2 Å². The summed E-state index contributed by atoms with van der Waals surface area (Å²) in [6, 6.07) is 11.5. The van der Waals surface area contributed by atoms with Gasteiger partial charge in [0, 0.05) is 19.2 Å². The van der Waals surface area contributed by atoms with E-state index >= 15 is 0 Å². The van der Waals surface area contributed by atoms with Gasteiger partial charge in [-0.25, -0.2) is 4.79 Å². The predicted octanol–water partition coefficient (Wildman–Crippen LogP) is 6.45. The number of alkyl halides is 3. The van der Waals surface area contributed by atoms with Crippen molar-refractivity contribution in [2.24, 2.45) is 0 Å². The number of amides is 2. The molecule has 1 fully saturated rings. The van der Waals surface area contributed by atoms with Gasteiger partial charge in [0.1, 0.15) is 17.5 Å². The lowest BCUT2D eigenvalue weighted by Gasteiger charge is -2.20. The molecule has 1 saturated heterocycles. The molecule has 2 aromatic carbocycles. The minimum absolute atomic E-state index is 0.0266. The van der Waals surface area contributed by atoms with Crippen LogP contribution in [0.1, 0.15) is 67.2 Å². The average molecular weight is 586 g/mol. The fourth-order valence-electron chi connectivity index (χ4n) is 4.38. The van der Waals surface area contributed by atoms with Crippen LogP contribution < -0.4 is 15.4 Å². The van der Waals surface area contributed by atoms with E-state index in [-0.39, 0.29) is 18.6 Å². The zero-order valence-corrected chi connectivity index (χ0v) is 23.9. The molecule has 1 aliphatic heterocycles. The highest BCUT2D eigenvalue weighted by Gasteiger charge is 2.31. The van der Waals surface area contributed by atoms with E-state index in [0.29, 0.717) is 41.2 Å². The third-order valence-corrected chi connectivity index (χ3v) is 6.49. The lowest BCUT2D eigenvalue weighted by Crippen LogP contribution is -2.32. The average Bonchev–Trinajstić information content (AvgIpc) is 3.43. The highest BCUT2D eigenvalue weighted by Crippen LogP contribution is 2.34. The van der Waals surface area contributed by atoms with Crippen molar-refractivity contribution in [2.45, 2.75) is 64.6 Å². The molecule has 0 saturated carbocycles. The number of aromatic nitrogens is 1. The van der Waals surface area contributed by atoms with Crippen molar-refractivity contribution < 1.29 is 37.0 Å². The molecule has 0 radical (unpaired) electrons. The van der Waals surface area contributed by atoms with Gasteiger partial charge in [-0.15, -0.1) is 0 Å². The van der Waals surface area contributed by atoms with Crippen LogP contribution in [0.25, 0.3) is 11.1 Å². The summed E-state index contributed by atoms with van der Waals surface area (Å²) < 4.78 is 57.0. The topological polar surface area (TPSA) is 98.8 Å². The van der Waals surface area contributed by atoms with Crippen LogP contribution in [0, 0.1) is 0 Å². The Kier molecular flexibility index (Phi) is 9.40. The highest BCUT2D eigenvalue weighted by molar-refractivity contribution is 5.94. The zero-order valence-electron chi connectivity index (χ0n) is 23.9. The predicted molar refractivity (Wildman–Crippen MR) is 150 cm³/mol. The van der Waals surface area contributed by atoms with Crippen molar-refractivity contribution in [3.63, 3.8) is 0 Å². The van der Waals surface area contributed by atoms with Gasteiger partial charge in [0.25, 0.3) is 5.91 Å². The first-order chi connectivity index (χ1) is 19.8. The summed E-state index contributed by atoms with van der Waals surface area (Å²) in [5, 5.41) is 5.52. The van der Waals surface area contributed by atoms with Crippen LogP contribution >= 0.6 is 0 Å². The lowest BCUT2D eigenvalue weighted by atomic mass is 9.95. The number of benzene rings is 2. The zero-order chi connectivity index (χ0) is 30.5. The van der Waals surface area contributed by atoms with Crippen LogP contribution in [0.4, 0.5) is 18.0 Å². The number of hydrogen-bond acceptors (Lipinski definition) is 6. The molecule has 0 aliphatic carbocycles. The second kappa shape index (κ2) is 12.8. The Morgan fingerprint density at radius 3 is 2.45 bits per heavy atom. The van der Waals surface area contributed by atoms with Crippen LogP contribution in [0.15, 0.2) is 60.9 Å². The van der Waals surface area contributed by atoms with Crippen molar-refractivity contribution in [1.82, 2.24) is 15.6 Å². The summed E-state index contributed by atoms with van der Waals surface area (Å²) in [7, 11) is 0. The van der Waals surface area contributed by atoms with Crippen LogP contribution in [-0.4, -0.2) is 41.9 Å². The van der Waals surface area contributed by atoms with Crippen LogP contribution in [0.3, 0.4) is 0 Å². The minimum Gasteiger partial charge on any atom is -0.486 e. The molecule has 4 rings (SSSR count). The first-order valence-electron chi connectivity index (χ1n) is 13.6. The number of halogens is 3. The van der Waals surface area contributed by atoms with E-state index in [9.17, 15) is 22.8 Å². The Morgan fingerprint density at radius 1 is 1.07 bits per heavy atom. The number of hydrogen-bond donors (Lipinski definition) is 2.